The van der Waals surface area contributed by atoms with Crippen LogP contribution in [0.1, 0.15) is 24.8 Å². The second-order valence-corrected chi connectivity index (χ2v) is 8.15. The summed E-state index contributed by atoms with van der Waals surface area (Å²) in [5, 5.41) is 9.28. The van der Waals surface area contributed by atoms with E-state index < -0.39 is 0 Å². The molecule has 4 rings (SSSR count). The second-order valence-electron chi connectivity index (χ2n) is 6.92. The van der Waals surface area contributed by atoms with Crippen LogP contribution in [0.3, 0.4) is 0 Å². The van der Waals surface area contributed by atoms with Gasteiger partial charge in [0, 0.05) is 6.04 Å². The van der Waals surface area contributed by atoms with Gasteiger partial charge in [-0.3, -0.25) is 5.43 Å². The molecule has 0 aromatic heterocycles. The van der Waals surface area contributed by atoms with Gasteiger partial charge in [-0.2, -0.15) is 5.10 Å². The molecule has 126 valence electrons. The van der Waals surface area contributed by atoms with Crippen molar-refractivity contribution in [2.75, 3.05) is 0 Å². The van der Waals surface area contributed by atoms with E-state index in [1.807, 2.05) is 6.07 Å². The molecule has 2 saturated carbocycles. The fourth-order valence-electron chi connectivity index (χ4n) is 4.67. The summed E-state index contributed by atoms with van der Waals surface area (Å²) in [6, 6.07) is 5.86. The van der Waals surface area contributed by atoms with Crippen LogP contribution < -0.4 is 10.7 Å². The lowest BCUT2D eigenvalue weighted by Crippen LogP contribution is -2.45. The molecule has 1 aromatic carbocycles. The quantitative estimate of drug-likeness (QED) is 0.353. The molecule has 2 bridgehead atoms. The minimum absolute atomic E-state index is 0.471. The SMILES string of the molecule is S=C(N/N=C\c1ccc(Cl)c(Cl)c1)N[C@H]1C[C@H]2C[C@@H]1[C@@H]1C=CC[C@@H]21. The number of rotatable bonds is 3. The molecule has 0 heterocycles. The molecule has 2 fully saturated rings. The molecule has 3 nitrogen and oxygen atoms in total. The lowest BCUT2D eigenvalue weighted by atomic mass is 9.79. The lowest BCUT2D eigenvalue weighted by Gasteiger charge is -2.32. The van der Waals surface area contributed by atoms with Gasteiger partial charge in [-0.05, 0) is 72.8 Å². The van der Waals surface area contributed by atoms with Crippen LogP contribution >= 0.6 is 35.4 Å². The van der Waals surface area contributed by atoms with E-state index in [-0.39, 0.29) is 0 Å². The van der Waals surface area contributed by atoms with E-state index >= 15 is 0 Å². The molecular formula is C18H19Cl2N3S. The second kappa shape index (κ2) is 6.66. The number of nitrogens with zero attached hydrogens (tertiary/aromatic N) is 1. The molecule has 6 heteroatoms. The summed E-state index contributed by atoms with van der Waals surface area (Å²) in [5.74, 6) is 3.22. The number of nitrogens with one attached hydrogen (secondary N) is 2. The zero-order valence-electron chi connectivity index (χ0n) is 13.1. The van der Waals surface area contributed by atoms with Gasteiger partial charge in [-0.15, -0.1) is 0 Å². The fourth-order valence-corrected chi connectivity index (χ4v) is 5.18. The summed E-state index contributed by atoms with van der Waals surface area (Å²) < 4.78 is 0. The molecular weight excluding hydrogens is 361 g/mol. The van der Waals surface area contributed by atoms with Crippen LogP contribution in [0.15, 0.2) is 35.5 Å². The number of hydrogen-bond donors (Lipinski definition) is 2. The maximum atomic E-state index is 5.99. The summed E-state index contributed by atoms with van der Waals surface area (Å²) in [4.78, 5) is 0. The first-order valence-electron chi connectivity index (χ1n) is 8.33. The van der Waals surface area contributed by atoms with Crippen molar-refractivity contribution in [1.29, 1.82) is 0 Å². The Kier molecular flexibility index (Phi) is 4.54. The highest BCUT2D eigenvalue weighted by Gasteiger charge is 2.52. The molecule has 2 N–H and O–H groups in total. The Morgan fingerprint density at radius 3 is 2.92 bits per heavy atom. The maximum absolute atomic E-state index is 5.99. The molecule has 0 radical (unpaired) electrons. The van der Waals surface area contributed by atoms with Gasteiger partial charge in [0.1, 0.15) is 0 Å². The number of allylic oxidation sites excluding steroid dienone is 2. The molecule has 0 aliphatic heterocycles. The van der Waals surface area contributed by atoms with Gasteiger partial charge < -0.3 is 5.32 Å². The van der Waals surface area contributed by atoms with Crippen molar-refractivity contribution in [1.82, 2.24) is 10.7 Å². The Bertz CT molecular complexity index is 718. The third-order valence-electron chi connectivity index (χ3n) is 5.65. The van der Waals surface area contributed by atoms with Crippen molar-refractivity contribution < 1.29 is 0 Å². The zero-order valence-corrected chi connectivity index (χ0v) is 15.4. The third kappa shape index (κ3) is 3.07. The van der Waals surface area contributed by atoms with Crippen molar-refractivity contribution in [2.45, 2.75) is 25.3 Å². The standard InChI is InChI=1S/C18H19Cl2N3S/c19-15-5-4-10(6-16(15)20)9-21-23-18(24)22-17-8-11-7-14(17)13-3-1-2-12(11)13/h1,3-6,9,11-14,17H,2,7-8H2,(H2,22,23,24)/b21-9-/t11-,12+,13-,14-,17+/m1/s1. The molecule has 3 aliphatic rings. The number of halogens is 2. The van der Waals surface area contributed by atoms with Gasteiger partial charge in [0.2, 0.25) is 0 Å². The first kappa shape index (κ1) is 16.4. The van der Waals surface area contributed by atoms with Crippen LogP contribution in [0, 0.1) is 23.7 Å². The monoisotopic (exact) mass is 379 g/mol. The van der Waals surface area contributed by atoms with Gasteiger partial charge >= 0.3 is 0 Å². The Morgan fingerprint density at radius 2 is 2.08 bits per heavy atom. The number of hydrogen-bond acceptors (Lipinski definition) is 2. The largest absolute Gasteiger partial charge is 0.358 e. The lowest BCUT2D eigenvalue weighted by molar-refractivity contribution is 0.246. The Morgan fingerprint density at radius 1 is 1.21 bits per heavy atom. The predicted octanol–water partition coefficient (Wildman–Crippen LogP) is 4.39. The molecule has 0 unspecified atom stereocenters. The number of benzene rings is 1. The molecule has 1 aromatic rings. The molecule has 3 aliphatic carbocycles. The van der Waals surface area contributed by atoms with Crippen LogP contribution in [0.5, 0.6) is 0 Å². The first-order chi connectivity index (χ1) is 11.6. The smallest absolute Gasteiger partial charge is 0.187 e. The van der Waals surface area contributed by atoms with Crippen LogP contribution in [-0.2, 0) is 0 Å². The highest BCUT2D eigenvalue weighted by molar-refractivity contribution is 7.80. The molecule has 5 atom stereocenters. The highest BCUT2D eigenvalue weighted by atomic mass is 35.5. The van der Waals surface area contributed by atoms with E-state index in [1.54, 1.807) is 18.3 Å². The zero-order chi connectivity index (χ0) is 16.7. The van der Waals surface area contributed by atoms with E-state index in [0.29, 0.717) is 21.2 Å². The van der Waals surface area contributed by atoms with Crippen LogP contribution in [0.2, 0.25) is 10.0 Å². The number of fused-ring (bicyclic) bond motifs is 5. The van der Waals surface area contributed by atoms with Crippen molar-refractivity contribution in [3.05, 3.63) is 46.0 Å². The predicted molar refractivity (Wildman–Crippen MR) is 104 cm³/mol. The number of thiocarbonyl (C=S) groups is 1. The van der Waals surface area contributed by atoms with E-state index in [4.69, 9.17) is 35.4 Å². The van der Waals surface area contributed by atoms with E-state index in [0.717, 1.165) is 29.2 Å². The van der Waals surface area contributed by atoms with Crippen LogP contribution in [0.4, 0.5) is 0 Å². The van der Waals surface area contributed by atoms with Crippen molar-refractivity contribution in [3.8, 4) is 0 Å². The normalized spacial score (nSPS) is 33.2. The molecule has 0 spiro atoms. The van der Waals surface area contributed by atoms with E-state index in [9.17, 15) is 0 Å². The first-order valence-corrected chi connectivity index (χ1v) is 9.49. The summed E-state index contributed by atoms with van der Waals surface area (Å²) >= 11 is 17.3. The van der Waals surface area contributed by atoms with Crippen molar-refractivity contribution >= 4 is 46.7 Å². The Hall–Kier alpha value is -1.10. The average Bonchev–Trinajstić information content (AvgIpc) is 3.23. The number of hydrazone groups is 1. The van der Waals surface area contributed by atoms with Crippen LogP contribution in [0.25, 0.3) is 0 Å². The van der Waals surface area contributed by atoms with Crippen molar-refractivity contribution in [2.24, 2.45) is 28.8 Å². The van der Waals surface area contributed by atoms with E-state index in [2.05, 4.69) is 28.0 Å². The maximum Gasteiger partial charge on any atom is 0.187 e. The topological polar surface area (TPSA) is 36.4 Å². The Balaban J connectivity index is 1.30. The summed E-state index contributed by atoms with van der Waals surface area (Å²) in [5.41, 5.74) is 3.78. The highest BCUT2D eigenvalue weighted by Crippen LogP contribution is 2.56. The van der Waals surface area contributed by atoms with Gasteiger partial charge in [0.05, 0.1) is 16.3 Å². The summed E-state index contributed by atoms with van der Waals surface area (Å²) in [6.45, 7) is 0. The van der Waals surface area contributed by atoms with Gasteiger partial charge in [0.25, 0.3) is 0 Å². The Labute approximate surface area is 157 Å². The average molecular weight is 380 g/mol. The molecule has 24 heavy (non-hydrogen) atoms. The van der Waals surface area contributed by atoms with Crippen molar-refractivity contribution in [3.63, 3.8) is 0 Å². The minimum Gasteiger partial charge on any atom is -0.358 e. The minimum atomic E-state index is 0.471. The molecule has 0 amide bonds. The van der Waals surface area contributed by atoms with E-state index in [1.165, 1.54) is 19.3 Å². The molecule has 0 saturated heterocycles. The van der Waals surface area contributed by atoms with Gasteiger partial charge in [-0.1, -0.05) is 41.4 Å². The fraction of sp³-hybridized carbons (Fsp3) is 0.444. The van der Waals surface area contributed by atoms with Gasteiger partial charge in [0.15, 0.2) is 5.11 Å². The summed E-state index contributed by atoms with van der Waals surface area (Å²) in [6.07, 6.45) is 10.3. The van der Waals surface area contributed by atoms with Crippen LogP contribution in [-0.4, -0.2) is 17.4 Å². The third-order valence-corrected chi connectivity index (χ3v) is 6.60. The van der Waals surface area contributed by atoms with Gasteiger partial charge in [-0.25, -0.2) is 0 Å². The summed E-state index contributed by atoms with van der Waals surface area (Å²) in [7, 11) is 0.